The molecule has 3 nitrogen and oxygen atoms in total. The van der Waals surface area contributed by atoms with E-state index in [2.05, 4.69) is 10.5 Å². The minimum atomic E-state index is 0.707. The summed E-state index contributed by atoms with van der Waals surface area (Å²) < 4.78 is 4.73. The molecule has 0 fully saturated rings. The third-order valence-corrected chi connectivity index (χ3v) is 2.29. The molecule has 1 aromatic carbocycles. The first-order chi connectivity index (χ1) is 7.34. The van der Waals surface area contributed by atoms with Gasteiger partial charge in [0.05, 0.1) is 5.69 Å². The van der Waals surface area contributed by atoms with Crippen LogP contribution in [0.4, 0.5) is 0 Å². The Morgan fingerprint density at radius 3 is 2.60 bits per heavy atom. The minimum absolute atomic E-state index is 0.707. The topological polar surface area (TPSA) is 38.1 Å². The van der Waals surface area contributed by atoms with Gasteiger partial charge in [-0.25, -0.2) is 0 Å². The number of nitrogens with zero attached hydrogens (tertiary/aromatic N) is 1. The third kappa shape index (κ3) is 3.08. The van der Waals surface area contributed by atoms with Crippen molar-refractivity contribution in [3.05, 3.63) is 52.9 Å². The van der Waals surface area contributed by atoms with E-state index < -0.39 is 0 Å². The molecule has 0 atom stereocenters. The van der Waals surface area contributed by atoms with Gasteiger partial charge in [-0.2, -0.15) is 0 Å². The van der Waals surface area contributed by atoms with Crippen molar-refractivity contribution in [1.82, 2.24) is 10.5 Å². The Balaban J connectivity index is 1.81. The highest BCUT2D eigenvalue weighted by molar-refractivity contribution is 6.30. The van der Waals surface area contributed by atoms with Gasteiger partial charge in [0.25, 0.3) is 0 Å². The van der Waals surface area contributed by atoms with Gasteiger partial charge in [0.15, 0.2) is 0 Å². The number of rotatable bonds is 4. The molecular formula is C11H11ClN2O. The lowest BCUT2D eigenvalue weighted by Gasteiger charge is -2.02. The number of hydrogen-bond donors (Lipinski definition) is 1. The Morgan fingerprint density at radius 1 is 1.13 bits per heavy atom. The van der Waals surface area contributed by atoms with E-state index in [1.54, 1.807) is 6.26 Å². The van der Waals surface area contributed by atoms with Crippen molar-refractivity contribution < 1.29 is 4.52 Å². The SMILES string of the molecule is Clc1ccc(CNCc2ccon2)cc1. The van der Waals surface area contributed by atoms with Crippen molar-refractivity contribution in [2.24, 2.45) is 0 Å². The quantitative estimate of drug-likeness (QED) is 0.864. The monoisotopic (exact) mass is 222 g/mol. The van der Waals surface area contributed by atoms with Crippen LogP contribution in [0.2, 0.25) is 5.02 Å². The van der Waals surface area contributed by atoms with Crippen LogP contribution in [0.1, 0.15) is 11.3 Å². The maximum atomic E-state index is 5.78. The first kappa shape index (κ1) is 10.2. The first-order valence-electron chi connectivity index (χ1n) is 4.69. The second kappa shape index (κ2) is 4.96. The molecule has 0 aliphatic rings. The first-order valence-corrected chi connectivity index (χ1v) is 5.07. The maximum absolute atomic E-state index is 5.78. The normalized spacial score (nSPS) is 10.5. The maximum Gasteiger partial charge on any atom is 0.124 e. The Kier molecular flexibility index (Phi) is 3.37. The highest BCUT2D eigenvalue weighted by atomic mass is 35.5. The highest BCUT2D eigenvalue weighted by Crippen LogP contribution is 2.09. The van der Waals surface area contributed by atoms with Gasteiger partial charge in [0, 0.05) is 24.2 Å². The van der Waals surface area contributed by atoms with Crippen LogP contribution >= 0.6 is 11.6 Å². The largest absolute Gasteiger partial charge is 0.364 e. The molecule has 4 heteroatoms. The summed E-state index contributed by atoms with van der Waals surface area (Å²) in [5, 5.41) is 7.82. The summed E-state index contributed by atoms with van der Waals surface area (Å²) in [5.74, 6) is 0. The summed E-state index contributed by atoms with van der Waals surface area (Å²) in [5.41, 5.74) is 2.10. The number of halogens is 1. The molecule has 0 spiro atoms. The van der Waals surface area contributed by atoms with Gasteiger partial charge in [-0.1, -0.05) is 28.9 Å². The summed E-state index contributed by atoms with van der Waals surface area (Å²) in [6.45, 7) is 1.50. The minimum Gasteiger partial charge on any atom is -0.364 e. The second-order valence-corrected chi connectivity index (χ2v) is 3.66. The fourth-order valence-electron chi connectivity index (χ4n) is 1.27. The van der Waals surface area contributed by atoms with Crippen LogP contribution in [0.15, 0.2) is 41.1 Å². The summed E-state index contributed by atoms with van der Waals surface area (Å²) in [6.07, 6.45) is 1.57. The fraction of sp³-hybridized carbons (Fsp3) is 0.182. The van der Waals surface area contributed by atoms with Crippen LogP contribution in [0.5, 0.6) is 0 Å². The predicted octanol–water partition coefficient (Wildman–Crippen LogP) is 2.62. The number of nitrogens with one attached hydrogen (secondary N) is 1. The number of hydrogen-bond acceptors (Lipinski definition) is 3. The van der Waals surface area contributed by atoms with Crippen molar-refractivity contribution in [3.63, 3.8) is 0 Å². The summed E-state index contributed by atoms with van der Waals surface area (Å²) in [4.78, 5) is 0. The smallest absolute Gasteiger partial charge is 0.124 e. The standard InChI is InChI=1S/C11H11ClN2O/c12-10-3-1-9(2-4-10)7-13-8-11-5-6-15-14-11/h1-6,13H,7-8H2. The van der Waals surface area contributed by atoms with E-state index in [9.17, 15) is 0 Å². The van der Waals surface area contributed by atoms with Gasteiger partial charge >= 0.3 is 0 Å². The van der Waals surface area contributed by atoms with Gasteiger partial charge < -0.3 is 9.84 Å². The number of aromatic nitrogens is 1. The zero-order chi connectivity index (χ0) is 10.5. The van der Waals surface area contributed by atoms with Crippen molar-refractivity contribution >= 4 is 11.6 Å². The molecule has 0 unspecified atom stereocenters. The lowest BCUT2D eigenvalue weighted by Crippen LogP contribution is -2.12. The third-order valence-electron chi connectivity index (χ3n) is 2.04. The van der Waals surface area contributed by atoms with E-state index in [1.807, 2.05) is 30.3 Å². The van der Waals surface area contributed by atoms with E-state index in [4.69, 9.17) is 16.1 Å². The summed E-state index contributed by atoms with van der Waals surface area (Å²) in [7, 11) is 0. The molecule has 0 bridgehead atoms. The van der Waals surface area contributed by atoms with Crippen LogP contribution in [-0.4, -0.2) is 5.16 Å². The van der Waals surface area contributed by atoms with Crippen molar-refractivity contribution in [1.29, 1.82) is 0 Å². The zero-order valence-corrected chi connectivity index (χ0v) is 8.87. The molecule has 0 saturated carbocycles. The molecule has 1 aromatic heterocycles. The average Bonchev–Trinajstić information content (AvgIpc) is 2.74. The summed E-state index contributed by atoms with van der Waals surface area (Å²) in [6, 6.07) is 9.61. The Hall–Kier alpha value is -1.32. The molecule has 2 aromatic rings. The summed E-state index contributed by atoms with van der Waals surface area (Å²) >= 11 is 5.78. The lowest BCUT2D eigenvalue weighted by atomic mass is 10.2. The molecule has 2 rings (SSSR count). The molecule has 0 radical (unpaired) electrons. The van der Waals surface area contributed by atoms with Gasteiger partial charge in [0.1, 0.15) is 6.26 Å². The van der Waals surface area contributed by atoms with Crippen molar-refractivity contribution in [2.45, 2.75) is 13.1 Å². The Bertz CT molecular complexity index is 397. The molecule has 0 amide bonds. The molecule has 1 N–H and O–H groups in total. The van der Waals surface area contributed by atoms with Crippen LogP contribution in [0, 0.1) is 0 Å². The highest BCUT2D eigenvalue weighted by Gasteiger charge is 1.96. The van der Waals surface area contributed by atoms with E-state index in [-0.39, 0.29) is 0 Å². The van der Waals surface area contributed by atoms with Crippen molar-refractivity contribution in [2.75, 3.05) is 0 Å². The molecule has 0 saturated heterocycles. The van der Waals surface area contributed by atoms with Crippen LogP contribution in [0.25, 0.3) is 0 Å². The van der Waals surface area contributed by atoms with Crippen LogP contribution in [0.3, 0.4) is 0 Å². The lowest BCUT2D eigenvalue weighted by molar-refractivity contribution is 0.408. The van der Waals surface area contributed by atoms with Gasteiger partial charge in [-0.15, -0.1) is 0 Å². The molecule has 78 valence electrons. The van der Waals surface area contributed by atoms with Crippen LogP contribution in [-0.2, 0) is 13.1 Å². The van der Waals surface area contributed by atoms with E-state index in [0.717, 1.165) is 17.3 Å². The molecule has 1 heterocycles. The second-order valence-electron chi connectivity index (χ2n) is 3.22. The average molecular weight is 223 g/mol. The fourth-order valence-corrected chi connectivity index (χ4v) is 1.39. The number of benzene rings is 1. The Morgan fingerprint density at radius 2 is 1.93 bits per heavy atom. The van der Waals surface area contributed by atoms with Crippen LogP contribution < -0.4 is 5.32 Å². The van der Waals surface area contributed by atoms with Gasteiger partial charge in [-0.05, 0) is 17.7 Å². The van der Waals surface area contributed by atoms with E-state index in [1.165, 1.54) is 5.56 Å². The zero-order valence-electron chi connectivity index (χ0n) is 8.11. The van der Waals surface area contributed by atoms with E-state index >= 15 is 0 Å². The predicted molar refractivity (Wildman–Crippen MR) is 58.5 cm³/mol. The van der Waals surface area contributed by atoms with Crippen molar-refractivity contribution in [3.8, 4) is 0 Å². The molecule has 0 aliphatic heterocycles. The van der Waals surface area contributed by atoms with E-state index in [0.29, 0.717) is 6.54 Å². The Labute approximate surface area is 93.0 Å². The van der Waals surface area contributed by atoms with Gasteiger partial charge in [-0.3, -0.25) is 0 Å². The molecular weight excluding hydrogens is 212 g/mol. The van der Waals surface area contributed by atoms with Gasteiger partial charge in [0.2, 0.25) is 0 Å². The molecule has 15 heavy (non-hydrogen) atoms. The molecule has 0 aliphatic carbocycles.